The summed E-state index contributed by atoms with van der Waals surface area (Å²) < 4.78 is 10.9. The van der Waals surface area contributed by atoms with E-state index in [0.29, 0.717) is 17.1 Å². The highest BCUT2D eigenvalue weighted by molar-refractivity contribution is 6.39. The van der Waals surface area contributed by atoms with Crippen molar-refractivity contribution in [2.45, 2.75) is 6.61 Å². The number of hydrogen-bond donors (Lipinski definition) is 2. The van der Waals surface area contributed by atoms with Crippen molar-refractivity contribution >= 4 is 35.6 Å². The van der Waals surface area contributed by atoms with Crippen LogP contribution in [0.2, 0.25) is 0 Å². The molecule has 176 valence electrons. The summed E-state index contributed by atoms with van der Waals surface area (Å²) in [6.45, 7) is 0.194. The van der Waals surface area contributed by atoms with E-state index in [1.54, 1.807) is 60.7 Å². The van der Waals surface area contributed by atoms with Crippen LogP contribution in [0.1, 0.15) is 21.5 Å². The Kier molecular flexibility index (Phi) is 6.59. The molecule has 3 aromatic carbocycles. The molecule has 4 amide bonds. The number of carbonyl (C=O) groups is 4. The third-order valence-electron chi connectivity index (χ3n) is 5.21. The normalized spacial score (nSPS) is 14.6. The van der Waals surface area contributed by atoms with Gasteiger partial charge < -0.3 is 14.6 Å². The van der Waals surface area contributed by atoms with Gasteiger partial charge in [-0.05, 0) is 65.7 Å². The van der Waals surface area contributed by atoms with E-state index < -0.39 is 23.8 Å². The minimum absolute atomic E-state index is 0.181. The zero-order chi connectivity index (χ0) is 24.9. The fourth-order valence-corrected chi connectivity index (χ4v) is 3.39. The first-order valence-electron chi connectivity index (χ1n) is 10.5. The minimum atomic E-state index is -1.01. The lowest BCUT2D eigenvalue weighted by atomic mass is 10.1. The molecule has 0 radical (unpaired) electrons. The molecule has 0 atom stereocenters. The Hall–Kier alpha value is -4.92. The van der Waals surface area contributed by atoms with Crippen LogP contribution >= 0.6 is 0 Å². The first-order chi connectivity index (χ1) is 16.9. The molecule has 0 spiro atoms. The summed E-state index contributed by atoms with van der Waals surface area (Å²) in [4.78, 5) is 49.7. The van der Waals surface area contributed by atoms with Gasteiger partial charge in [0.2, 0.25) is 0 Å². The highest BCUT2D eigenvalue weighted by Crippen LogP contribution is 2.25. The van der Waals surface area contributed by atoms with E-state index >= 15 is 0 Å². The summed E-state index contributed by atoms with van der Waals surface area (Å²) in [5.41, 5.74) is 1.56. The maximum atomic E-state index is 13.0. The molecule has 0 unspecified atom stereocenters. The molecule has 2 N–H and O–H groups in total. The number of carboxylic acids is 1. The number of nitrogens with one attached hydrogen (secondary N) is 1. The number of hydrogen-bond acceptors (Lipinski definition) is 6. The number of barbiturate groups is 1. The van der Waals surface area contributed by atoms with Gasteiger partial charge in [0.25, 0.3) is 11.8 Å². The first-order valence-corrected chi connectivity index (χ1v) is 10.5. The summed E-state index contributed by atoms with van der Waals surface area (Å²) in [5, 5.41) is 11.2. The van der Waals surface area contributed by atoms with Gasteiger partial charge in [-0.1, -0.05) is 24.3 Å². The Morgan fingerprint density at radius 3 is 2.34 bits per heavy atom. The predicted molar refractivity (Wildman–Crippen MR) is 126 cm³/mol. The number of anilines is 1. The topological polar surface area (TPSA) is 122 Å². The lowest BCUT2D eigenvalue weighted by Gasteiger charge is -2.26. The van der Waals surface area contributed by atoms with Gasteiger partial charge in [-0.25, -0.2) is 14.5 Å². The summed E-state index contributed by atoms with van der Waals surface area (Å²) in [5.74, 6) is -1.52. The first kappa shape index (κ1) is 23.2. The lowest BCUT2D eigenvalue weighted by Crippen LogP contribution is -2.54. The van der Waals surface area contributed by atoms with Crippen LogP contribution in [0.5, 0.6) is 11.5 Å². The molecule has 1 aliphatic rings. The third kappa shape index (κ3) is 5.19. The van der Waals surface area contributed by atoms with Crippen LogP contribution in [0.4, 0.5) is 10.5 Å². The van der Waals surface area contributed by atoms with Crippen molar-refractivity contribution in [1.82, 2.24) is 5.32 Å². The third-order valence-corrected chi connectivity index (χ3v) is 5.21. The average Bonchev–Trinajstić information content (AvgIpc) is 2.86. The van der Waals surface area contributed by atoms with Crippen LogP contribution in [-0.2, 0) is 16.2 Å². The molecule has 35 heavy (non-hydrogen) atoms. The number of nitrogens with zero attached hydrogens (tertiary/aromatic N) is 1. The number of benzene rings is 3. The van der Waals surface area contributed by atoms with E-state index in [4.69, 9.17) is 14.6 Å². The van der Waals surface area contributed by atoms with Crippen molar-refractivity contribution in [2.75, 3.05) is 12.0 Å². The largest absolute Gasteiger partial charge is 0.497 e. The maximum absolute atomic E-state index is 13.0. The molecule has 0 saturated carbocycles. The highest BCUT2D eigenvalue weighted by atomic mass is 16.5. The number of carbonyl (C=O) groups excluding carboxylic acids is 3. The van der Waals surface area contributed by atoms with Crippen LogP contribution in [0, 0.1) is 0 Å². The van der Waals surface area contributed by atoms with E-state index in [0.717, 1.165) is 10.5 Å². The van der Waals surface area contributed by atoms with Gasteiger partial charge in [0, 0.05) is 0 Å². The van der Waals surface area contributed by atoms with Crippen molar-refractivity contribution in [1.29, 1.82) is 0 Å². The van der Waals surface area contributed by atoms with Crippen molar-refractivity contribution < 1.29 is 33.8 Å². The number of rotatable bonds is 7. The Bertz CT molecular complexity index is 1330. The minimum Gasteiger partial charge on any atom is -0.497 e. The Morgan fingerprint density at radius 2 is 1.69 bits per heavy atom. The quantitative estimate of drug-likeness (QED) is 0.398. The van der Waals surface area contributed by atoms with Gasteiger partial charge in [-0.2, -0.15) is 0 Å². The zero-order valence-corrected chi connectivity index (χ0v) is 18.6. The summed E-state index contributed by atoms with van der Waals surface area (Å²) in [6.07, 6.45) is 1.38. The zero-order valence-electron chi connectivity index (χ0n) is 18.6. The Labute approximate surface area is 200 Å². The van der Waals surface area contributed by atoms with Crippen molar-refractivity contribution in [2.24, 2.45) is 0 Å². The predicted octanol–water partition coefficient (Wildman–Crippen LogP) is 3.64. The van der Waals surface area contributed by atoms with Crippen molar-refractivity contribution in [3.05, 3.63) is 95.1 Å². The fraction of sp³-hybridized carbons (Fsp3) is 0.0769. The van der Waals surface area contributed by atoms with E-state index in [1.165, 1.54) is 25.3 Å². The van der Waals surface area contributed by atoms with Crippen LogP contribution < -0.4 is 19.7 Å². The summed E-state index contributed by atoms with van der Waals surface area (Å²) in [7, 11) is 1.50. The number of aromatic carboxylic acids is 1. The molecule has 1 fully saturated rings. The molecule has 3 aromatic rings. The second-order valence-corrected chi connectivity index (χ2v) is 7.52. The Balaban J connectivity index is 1.53. The number of amides is 4. The number of imide groups is 2. The van der Waals surface area contributed by atoms with E-state index in [2.05, 4.69) is 5.32 Å². The molecule has 0 aromatic heterocycles. The van der Waals surface area contributed by atoms with Crippen LogP contribution in [0.15, 0.2) is 78.4 Å². The smallest absolute Gasteiger partial charge is 0.335 e. The van der Waals surface area contributed by atoms with Crippen molar-refractivity contribution in [3.8, 4) is 11.5 Å². The molecule has 1 aliphatic heterocycles. The van der Waals surface area contributed by atoms with E-state index in [9.17, 15) is 19.2 Å². The second kappa shape index (κ2) is 9.92. The molecule has 1 saturated heterocycles. The molecular formula is C26H20N2O7. The maximum Gasteiger partial charge on any atom is 0.335 e. The highest BCUT2D eigenvalue weighted by Gasteiger charge is 2.36. The number of ether oxygens (including phenoxy) is 2. The number of methoxy groups -OCH3 is 1. The fourth-order valence-electron chi connectivity index (χ4n) is 3.39. The van der Waals surface area contributed by atoms with Gasteiger partial charge in [-0.3, -0.25) is 14.9 Å². The lowest BCUT2D eigenvalue weighted by molar-refractivity contribution is -0.122. The van der Waals surface area contributed by atoms with Gasteiger partial charge in [0.1, 0.15) is 23.7 Å². The van der Waals surface area contributed by atoms with E-state index in [1.807, 2.05) is 0 Å². The average molecular weight is 472 g/mol. The molecule has 1 heterocycles. The molecule has 9 heteroatoms. The van der Waals surface area contributed by atoms with Crippen LogP contribution in [-0.4, -0.2) is 36.0 Å². The number of urea groups is 1. The van der Waals surface area contributed by atoms with Gasteiger partial charge in [-0.15, -0.1) is 0 Å². The van der Waals surface area contributed by atoms with Crippen LogP contribution in [0.25, 0.3) is 6.08 Å². The molecule has 9 nitrogen and oxygen atoms in total. The summed E-state index contributed by atoms with van der Waals surface area (Å²) in [6, 6.07) is 18.5. The molecule has 0 bridgehead atoms. The SMILES string of the molecule is COc1ccc(N2C(=O)NC(=O)/C(=C/c3cccc(OCc4ccc(C(=O)O)cc4)c3)C2=O)cc1. The van der Waals surface area contributed by atoms with Crippen LogP contribution in [0.3, 0.4) is 0 Å². The molecule has 4 rings (SSSR count). The molecule has 0 aliphatic carbocycles. The molecular weight excluding hydrogens is 452 g/mol. The van der Waals surface area contributed by atoms with E-state index in [-0.39, 0.29) is 23.4 Å². The van der Waals surface area contributed by atoms with Crippen molar-refractivity contribution in [3.63, 3.8) is 0 Å². The number of carboxylic acid groups (broad SMARTS) is 1. The second-order valence-electron chi connectivity index (χ2n) is 7.52. The standard InChI is InChI=1S/C26H20N2O7/c1-34-20-11-9-19(10-12-20)28-24(30)22(23(29)27-26(28)33)14-17-3-2-4-21(13-17)35-15-16-5-7-18(8-6-16)25(31)32/h2-14H,15H2,1H3,(H,31,32)(H,27,29,33)/b22-14-. The van der Waals surface area contributed by atoms with Gasteiger partial charge in [0.15, 0.2) is 0 Å². The summed E-state index contributed by atoms with van der Waals surface area (Å²) >= 11 is 0. The van der Waals surface area contributed by atoms with Gasteiger partial charge >= 0.3 is 12.0 Å². The Morgan fingerprint density at radius 1 is 0.971 bits per heavy atom. The van der Waals surface area contributed by atoms with Gasteiger partial charge in [0.05, 0.1) is 18.4 Å². The monoisotopic (exact) mass is 472 g/mol.